The molecule has 0 aromatic heterocycles. The second-order valence-corrected chi connectivity index (χ2v) is 12.2. The molecule has 6 heteroatoms. The summed E-state index contributed by atoms with van der Waals surface area (Å²) in [4.78, 5) is 27.1. The van der Waals surface area contributed by atoms with Crippen molar-refractivity contribution in [1.82, 2.24) is 0 Å². The Morgan fingerprint density at radius 3 is 1.13 bits per heavy atom. The second-order valence-electron chi connectivity index (χ2n) is 12.2. The normalized spacial score (nSPS) is 10.8. The molecule has 8 aromatic carbocycles. The molecule has 6 nitrogen and oxygen atoms in total. The third-order valence-corrected chi connectivity index (χ3v) is 9.34. The minimum absolute atomic E-state index is 0.0579. The molecule has 0 saturated carbocycles. The highest BCUT2D eigenvalue weighted by Crippen LogP contribution is 2.35. The van der Waals surface area contributed by atoms with Crippen LogP contribution in [0, 0.1) is 0 Å². The molecule has 0 heterocycles. The van der Waals surface area contributed by atoms with Gasteiger partial charge in [-0.05, 0) is 68.7 Å². The number of benzene rings is 8. The van der Waals surface area contributed by atoms with E-state index >= 15 is 0 Å². The van der Waals surface area contributed by atoms with Crippen LogP contribution < -0.4 is 18.9 Å². The molecule has 0 N–H and O–H groups in total. The van der Waals surface area contributed by atoms with Gasteiger partial charge in [-0.2, -0.15) is 0 Å². The summed E-state index contributed by atoms with van der Waals surface area (Å²) < 4.78 is 21.7. The van der Waals surface area contributed by atoms with Gasteiger partial charge in [-0.1, -0.05) is 109 Å². The van der Waals surface area contributed by atoms with Gasteiger partial charge >= 0.3 is 0 Å². The van der Waals surface area contributed by atoms with Gasteiger partial charge in [0.05, 0.1) is 39.6 Å². The molecule has 0 atom stereocenters. The minimum atomic E-state index is -0.0579. The highest BCUT2D eigenvalue weighted by atomic mass is 16.5. The summed E-state index contributed by atoms with van der Waals surface area (Å²) in [6, 6.07) is 46.4. The smallest absolute Gasteiger partial charge is 0.198 e. The summed E-state index contributed by atoms with van der Waals surface area (Å²) in [7, 11) is 6.41. The molecule has 0 saturated heterocycles. The first kappa shape index (κ1) is 33.8. The Morgan fingerprint density at radius 2 is 0.731 bits per heavy atom. The Labute approximate surface area is 301 Å². The number of hydrogen-bond donors (Lipinski definition) is 0. The van der Waals surface area contributed by atoms with Crippen LogP contribution in [0.3, 0.4) is 0 Å². The van der Waals surface area contributed by atoms with E-state index in [-0.39, 0.29) is 11.6 Å². The van der Waals surface area contributed by atoms with E-state index in [2.05, 4.69) is 0 Å². The number of ether oxygens (including phenoxy) is 4. The Bertz CT molecular complexity index is 2420. The van der Waals surface area contributed by atoms with Crippen LogP contribution in [0.15, 0.2) is 146 Å². The van der Waals surface area contributed by atoms with E-state index in [1.807, 2.05) is 146 Å². The Morgan fingerprint density at radius 1 is 0.365 bits per heavy atom. The molecule has 0 aliphatic rings. The van der Waals surface area contributed by atoms with Gasteiger partial charge in [0.25, 0.3) is 0 Å². The van der Waals surface area contributed by atoms with Crippen molar-refractivity contribution in [2.45, 2.75) is 0 Å². The first-order valence-electron chi connectivity index (χ1n) is 16.8. The fraction of sp³-hybridized carbons (Fsp3) is 0.0870. The van der Waals surface area contributed by atoms with Crippen LogP contribution in [0.5, 0.6) is 23.0 Å². The Kier molecular flexibility index (Phi) is 9.54. The lowest BCUT2D eigenvalue weighted by Crippen LogP contribution is -2.06. The van der Waals surface area contributed by atoms with E-state index in [9.17, 15) is 9.59 Å². The molecule has 0 aliphatic heterocycles. The Balaban J connectivity index is 0.000000162. The van der Waals surface area contributed by atoms with Gasteiger partial charge in [-0.25, -0.2) is 0 Å². The average molecular weight is 685 g/mol. The van der Waals surface area contributed by atoms with Crippen LogP contribution in [0.25, 0.3) is 43.1 Å². The first-order valence-corrected chi connectivity index (χ1v) is 16.8. The largest absolute Gasteiger partial charge is 0.497 e. The van der Waals surface area contributed by atoms with Crippen molar-refractivity contribution in [3.8, 4) is 23.0 Å². The van der Waals surface area contributed by atoms with E-state index in [4.69, 9.17) is 18.9 Å². The lowest BCUT2D eigenvalue weighted by atomic mass is 9.93. The molecule has 8 rings (SSSR count). The van der Waals surface area contributed by atoms with Gasteiger partial charge < -0.3 is 18.9 Å². The van der Waals surface area contributed by atoms with Crippen molar-refractivity contribution in [3.63, 3.8) is 0 Å². The maximum absolute atomic E-state index is 13.5. The monoisotopic (exact) mass is 684 g/mol. The van der Waals surface area contributed by atoms with Crippen LogP contribution in [-0.2, 0) is 0 Å². The third kappa shape index (κ3) is 6.27. The molecule has 0 bridgehead atoms. The summed E-state index contributed by atoms with van der Waals surface area (Å²) in [5.41, 5.74) is 2.44. The zero-order valence-electron chi connectivity index (χ0n) is 29.3. The standard InChI is InChI=1S/2C23H18O3/c2*1-25-17-12-10-16-11-13-21(26-2)22(20(16)14-17)23(24)19-9-5-7-15-6-3-4-8-18(15)19/h2*3-14H,1-2H3. The topological polar surface area (TPSA) is 71.1 Å². The molecular formula is C46H36O6. The van der Waals surface area contributed by atoms with Crippen LogP contribution in [-0.4, -0.2) is 40.0 Å². The molecule has 0 amide bonds. The van der Waals surface area contributed by atoms with E-state index in [1.165, 1.54) is 0 Å². The van der Waals surface area contributed by atoms with Crippen LogP contribution in [0.4, 0.5) is 0 Å². The van der Waals surface area contributed by atoms with Gasteiger partial charge in [0.2, 0.25) is 0 Å². The van der Waals surface area contributed by atoms with Crippen molar-refractivity contribution in [2.75, 3.05) is 28.4 Å². The molecule has 256 valence electrons. The van der Waals surface area contributed by atoms with Crippen molar-refractivity contribution in [3.05, 3.63) is 168 Å². The van der Waals surface area contributed by atoms with E-state index < -0.39 is 0 Å². The van der Waals surface area contributed by atoms with Crippen LogP contribution >= 0.6 is 0 Å². The zero-order chi connectivity index (χ0) is 36.2. The fourth-order valence-corrected chi connectivity index (χ4v) is 6.74. The van der Waals surface area contributed by atoms with Gasteiger partial charge in [0, 0.05) is 21.9 Å². The molecule has 8 aromatic rings. The number of carbonyl (C=O) groups excluding carboxylic acids is 2. The highest BCUT2D eigenvalue weighted by molar-refractivity contribution is 6.24. The number of fused-ring (bicyclic) bond motifs is 4. The molecular weight excluding hydrogens is 648 g/mol. The Hall–Kier alpha value is -6.66. The summed E-state index contributed by atoms with van der Waals surface area (Å²) in [6.45, 7) is 0. The zero-order valence-corrected chi connectivity index (χ0v) is 29.3. The van der Waals surface area contributed by atoms with Crippen molar-refractivity contribution < 1.29 is 28.5 Å². The number of carbonyl (C=O) groups is 2. The number of ketones is 2. The van der Waals surface area contributed by atoms with Gasteiger partial charge in [-0.15, -0.1) is 0 Å². The lowest BCUT2D eigenvalue weighted by molar-refractivity contribution is 0.103. The molecule has 0 spiro atoms. The van der Waals surface area contributed by atoms with Crippen molar-refractivity contribution >= 4 is 54.7 Å². The maximum Gasteiger partial charge on any atom is 0.198 e. The van der Waals surface area contributed by atoms with Gasteiger partial charge in [-0.3, -0.25) is 9.59 Å². The van der Waals surface area contributed by atoms with Crippen molar-refractivity contribution in [2.24, 2.45) is 0 Å². The molecule has 0 aliphatic carbocycles. The molecule has 0 unspecified atom stereocenters. The van der Waals surface area contributed by atoms with E-state index in [1.54, 1.807) is 28.4 Å². The summed E-state index contributed by atoms with van der Waals surface area (Å²) >= 11 is 0. The van der Waals surface area contributed by atoms with Gasteiger partial charge in [0.15, 0.2) is 11.6 Å². The maximum atomic E-state index is 13.5. The predicted molar refractivity (Wildman–Crippen MR) is 209 cm³/mol. The third-order valence-electron chi connectivity index (χ3n) is 9.34. The van der Waals surface area contributed by atoms with Crippen molar-refractivity contribution in [1.29, 1.82) is 0 Å². The summed E-state index contributed by atoms with van der Waals surface area (Å²) in [5, 5.41) is 7.52. The summed E-state index contributed by atoms with van der Waals surface area (Å²) in [5.74, 6) is 2.41. The first-order chi connectivity index (χ1) is 25.4. The van der Waals surface area contributed by atoms with Gasteiger partial charge in [0.1, 0.15) is 23.0 Å². The molecule has 0 radical (unpaired) electrons. The highest BCUT2D eigenvalue weighted by Gasteiger charge is 2.22. The average Bonchev–Trinajstić information content (AvgIpc) is 3.21. The molecule has 0 fully saturated rings. The quantitative estimate of drug-likeness (QED) is 0.148. The second kappa shape index (κ2) is 14.7. The van der Waals surface area contributed by atoms with Crippen LogP contribution in [0.2, 0.25) is 0 Å². The lowest BCUT2D eigenvalue weighted by Gasteiger charge is -2.13. The fourth-order valence-electron chi connectivity index (χ4n) is 6.74. The van der Waals surface area contributed by atoms with E-state index in [0.717, 1.165) is 43.1 Å². The predicted octanol–water partition coefficient (Wildman–Crippen LogP) is 10.5. The minimum Gasteiger partial charge on any atom is -0.497 e. The number of hydrogen-bond acceptors (Lipinski definition) is 6. The summed E-state index contributed by atoms with van der Waals surface area (Å²) in [6.07, 6.45) is 0. The van der Waals surface area contributed by atoms with E-state index in [0.29, 0.717) is 45.3 Å². The number of rotatable bonds is 8. The number of methoxy groups -OCH3 is 4. The molecule has 52 heavy (non-hydrogen) atoms. The SMILES string of the molecule is COc1ccc2ccc(OC)c(C(=O)c3cccc4ccccc34)c2c1.COc1ccc2ccc(OC)c(C(=O)c3cccc4ccccc34)c2c1. The van der Waals surface area contributed by atoms with Crippen LogP contribution in [0.1, 0.15) is 31.8 Å².